The van der Waals surface area contributed by atoms with Crippen LogP contribution in [0.4, 0.5) is 0 Å². The van der Waals surface area contributed by atoms with Crippen molar-refractivity contribution in [1.82, 2.24) is 0 Å². The van der Waals surface area contributed by atoms with E-state index >= 15 is 0 Å². The SMILES string of the molecule is CC(=O)c1c(Cl)cccc1C(O)C(=O)O. The topological polar surface area (TPSA) is 74.6 Å². The average Bonchev–Trinajstić information content (AvgIpc) is 2.15. The number of hydrogen-bond acceptors (Lipinski definition) is 3. The molecule has 0 amide bonds. The summed E-state index contributed by atoms with van der Waals surface area (Å²) in [5.41, 5.74) is 0.0663. The molecule has 15 heavy (non-hydrogen) atoms. The fraction of sp³-hybridized carbons (Fsp3) is 0.200. The van der Waals surface area contributed by atoms with Crippen LogP contribution in [-0.4, -0.2) is 22.0 Å². The third kappa shape index (κ3) is 2.34. The Morgan fingerprint density at radius 3 is 2.47 bits per heavy atom. The third-order valence-corrected chi connectivity index (χ3v) is 2.24. The van der Waals surface area contributed by atoms with Crippen LogP contribution in [0.1, 0.15) is 28.9 Å². The number of carbonyl (C=O) groups is 2. The summed E-state index contributed by atoms with van der Waals surface area (Å²) in [6.07, 6.45) is -1.73. The maximum absolute atomic E-state index is 11.2. The first-order valence-electron chi connectivity index (χ1n) is 4.15. The standard InChI is InChI=1S/C10H9ClO4/c1-5(12)8-6(9(13)10(14)15)3-2-4-7(8)11/h2-4,9,13H,1H3,(H,14,15). The second-order valence-electron chi connectivity index (χ2n) is 3.00. The normalized spacial score (nSPS) is 12.2. The molecule has 0 aliphatic carbocycles. The molecule has 4 nitrogen and oxygen atoms in total. The van der Waals surface area contributed by atoms with Crippen molar-refractivity contribution < 1.29 is 19.8 Å². The number of carboxylic acid groups (broad SMARTS) is 1. The van der Waals surface area contributed by atoms with Crippen molar-refractivity contribution in [2.24, 2.45) is 0 Å². The van der Waals surface area contributed by atoms with Crippen LogP contribution in [-0.2, 0) is 4.79 Å². The van der Waals surface area contributed by atoms with E-state index in [1.807, 2.05) is 0 Å². The molecule has 0 fully saturated rings. The number of carboxylic acids is 1. The van der Waals surface area contributed by atoms with Gasteiger partial charge in [-0.2, -0.15) is 0 Å². The van der Waals surface area contributed by atoms with Crippen molar-refractivity contribution in [1.29, 1.82) is 0 Å². The smallest absolute Gasteiger partial charge is 0.337 e. The molecule has 0 spiro atoms. The minimum Gasteiger partial charge on any atom is -0.479 e. The zero-order valence-corrected chi connectivity index (χ0v) is 8.65. The molecule has 0 aliphatic rings. The van der Waals surface area contributed by atoms with Crippen molar-refractivity contribution in [3.63, 3.8) is 0 Å². The lowest BCUT2D eigenvalue weighted by atomic mass is 10.00. The molecule has 1 aromatic carbocycles. The van der Waals surface area contributed by atoms with Gasteiger partial charge in [0.1, 0.15) is 0 Å². The lowest BCUT2D eigenvalue weighted by Gasteiger charge is -2.11. The van der Waals surface area contributed by atoms with E-state index in [9.17, 15) is 14.7 Å². The van der Waals surface area contributed by atoms with Gasteiger partial charge in [0, 0.05) is 11.1 Å². The van der Waals surface area contributed by atoms with E-state index in [0.717, 1.165) is 0 Å². The van der Waals surface area contributed by atoms with Gasteiger partial charge in [0.2, 0.25) is 0 Å². The minimum atomic E-state index is -1.73. The average molecular weight is 229 g/mol. The van der Waals surface area contributed by atoms with Gasteiger partial charge in [0.15, 0.2) is 11.9 Å². The number of benzene rings is 1. The monoisotopic (exact) mass is 228 g/mol. The van der Waals surface area contributed by atoms with E-state index in [-0.39, 0.29) is 21.9 Å². The highest BCUT2D eigenvalue weighted by Gasteiger charge is 2.22. The number of hydrogen-bond donors (Lipinski definition) is 2. The van der Waals surface area contributed by atoms with Gasteiger partial charge in [-0.05, 0) is 13.0 Å². The lowest BCUT2D eigenvalue weighted by molar-refractivity contribution is -0.146. The van der Waals surface area contributed by atoms with Crippen LogP contribution in [0.15, 0.2) is 18.2 Å². The summed E-state index contributed by atoms with van der Waals surface area (Å²) in [5.74, 6) is -1.80. The van der Waals surface area contributed by atoms with Gasteiger partial charge in [-0.25, -0.2) is 4.79 Å². The third-order valence-electron chi connectivity index (χ3n) is 1.93. The molecular weight excluding hydrogens is 220 g/mol. The van der Waals surface area contributed by atoms with E-state index in [1.165, 1.54) is 25.1 Å². The molecule has 0 saturated carbocycles. The summed E-state index contributed by atoms with van der Waals surface area (Å²) in [6, 6.07) is 4.31. The van der Waals surface area contributed by atoms with Crippen molar-refractivity contribution in [3.8, 4) is 0 Å². The zero-order valence-electron chi connectivity index (χ0n) is 7.90. The fourth-order valence-corrected chi connectivity index (χ4v) is 1.59. The Morgan fingerprint density at radius 1 is 1.40 bits per heavy atom. The number of Topliss-reactive ketones (excluding diaryl/α,β-unsaturated/α-hetero) is 1. The molecule has 0 aliphatic heterocycles. The Labute approximate surface area is 91.1 Å². The van der Waals surface area contributed by atoms with Crippen molar-refractivity contribution in [2.45, 2.75) is 13.0 Å². The Morgan fingerprint density at radius 2 is 2.00 bits per heavy atom. The summed E-state index contributed by atoms with van der Waals surface area (Å²) in [7, 11) is 0. The predicted octanol–water partition coefficient (Wildman–Crippen LogP) is 1.66. The van der Waals surface area contributed by atoms with E-state index in [4.69, 9.17) is 16.7 Å². The van der Waals surface area contributed by atoms with Crippen LogP contribution >= 0.6 is 11.6 Å². The van der Waals surface area contributed by atoms with Crippen LogP contribution in [0.3, 0.4) is 0 Å². The van der Waals surface area contributed by atoms with Crippen LogP contribution < -0.4 is 0 Å². The molecular formula is C10H9ClO4. The molecule has 0 heterocycles. The molecule has 1 rings (SSSR count). The van der Waals surface area contributed by atoms with Gasteiger partial charge in [0.05, 0.1) is 5.02 Å². The highest BCUT2D eigenvalue weighted by atomic mass is 35.5. The van der Waals surface area contributed by atoms with E-state index in [1.54, 1.807) is 0 Å². The van der Waals surface area contributed by atoms with Crippen molar-refractivity contribution in [2.75, 3.05) is 0 Å². The number of halogens is 1. The van der Waals surface area contributed by atoms with Gasteiger partial charge < -0.3 is 10.2 Å². The Hall–Kier alpha value is -1.39. The number of aliphatic carboxylic acids is 1. The first-order chi connectivity index (χ1) is 6.95. The van der Waals surface area contributed by atoms with Gasteiger partial charge in [-0.15, -0.1) is 0 Å². The van der Waals surface area contributed by atoms with E-state index in [2.05, 4.69) is 0 Å². The molecule has 1 atom stereocenters. The lowest BCUT2D eigenvalue weighted by Crippen LogP contribution is -2.14. The van der Waals surface area contributed by atoms with Crippen LogP contribution in [0.2, 0.25) is 5.02 Å². The van der Waals surface area contributed by atoms with Gasteiger partial charge in [-0.1, -0.05) is 23.7 Å². The quantitative estimate of drug-likeness (QED) is 0.772. The summed E-state index contributed by atoms with van der Waals surface area (Å²) in [4.78, 5) is 21.8. The number of aliphatic hydroxyl groups excluding tert-OH is 1. The maximum Gasteiger partial charge on any atom is 0.337 e. The summed E-state index contributed by atoms with van der Waals surface area (Å²) in [5, 5.41) is 18.1. The number of carbonyl (C=O) groups excluding carboxylic acids is 1. The van der Waals surface area contributed by atoms with Gasteiger partial charge in [0.25, 0.3) is 0 Å². The number of rotatable bonds is 3. The number of aliphatic hydroxyl groups is 1. The Kier molecular flexibility index (Phi) is 3.44. The molecule has 0 saturated heterocycles. The highest BCUT2D eigenvalue weighted by Crippen LogP contribution is 2.25. The van der Waals surface area contributed by atoms with Gasteiger partial charge >= 0.3 is 5.97 Å². The summed E-state index contributed by atoms with van der Waals surface area (Å²) >= 11 is 5.75. The van der Waals surface area contributed by atoms with Crippen molar-refractivity contribution in [3.05, 3.63) is 34.3 Å². The van der Waals surface area contributed by atoms with E-state index in [0.29, 0.717) is 0 Å². The fourth-order valence-electron chi connectivity index (χ4n) is 1.27. The minimum absolute atomic E-state index is 0.0162. The van der Waals surface area contributed by atoms with Crippen LogP contribution in [0.5, 0.6) is 0 Å². The molecule has 0 aromatic heterocycles. The van der Waals surface area contributed by atoms with Crippen molar-refractivity contribution >= 4 is 23.4 Å². The molecule has 0 radical (unpaired) electrons. The second kappa shape index (κ2) is 4.42. The summed E-state index contributed by atoms with van der Waals surface area (Å²) in [6.45, 7) is 1.26. The first kappa shape index (κ1) is 11.7. The molecule has 2 N–H and O–H groups in total. The first-order valence-corrected chi connectivity index (χ1v) is 4.53. The van der Waals surface area contributed by atoms with Crippen LogP contribution in [0.25, 0.3) is 0 Å². The molecule has 1 unspecified atom stereocenters. The highest BCUT2D eigenvalue weighted by molar-refractivity contribution is 6.34. The zero-order chi connectivity index (χ0) is 11.6. The predicted molar refractivity (Wildman–Crippen MR) is 54.1 cm³/mol. The summed E-state index contributed by atoms with van der Waals surface area (Å²) < 4.78 is 0. The van der Waals surface area contributed by atoms with Crippen LogP contribution in [0, 0.1) is 0 Å². The Bertz CT molecular complexity index is 414. The molecule has 0 bridgehead atoms. The maximum atomic E-state index is 11.2. The second-order valence-corrected chi connectivity index (χ2v) is 3.41. The molecule has 1 aromatic rings. The Balaban J connectivity index is 3.35. The number of ketones is 1. The molecule has 5 heteroatoms. The largest absolute Gasteiger partial charge is 0.479 e. The molecule has 80 valence electrons. The van der Waals surface area contributed by atoms with Gasteiger partial charge in [-0.3, -0.25) is 4.79 Å². The van der Waals surface area contributed by atoms with E-state index < -0.39 is 12.1 Å².